The van der Waals surface area contributed by atoms with Gasteiger partial charge in [0.05, 0.1) is 17.3 Å². The van der Waals surface area contributed by atoms with E-state index in [4.69, 9.17) is 14.2 Å². The molecule has 0 unspecified atom stereocenters. The van der Waals surface area contributed by atoms with E-state index in [1.807, 2.05) is 12.1 Å². The van der Waals surface area contributed by atoms with Gasteiger partial charge in [-0.15, -0.1) is 0 Å². The van der Waals surface area contributed by atoms with Crippen LogP contribution in [-0.2, 0) is 20.9 Å². The van der Waals surface area contributed by atoms with Crippen molar-refractivity contribution in [2.75, 3.05) is 27.4 Å². The third kappa shape index (κ3) is 5.15. The van der Waals surface area contributed by atoms with Gasteiger partial charge in [-0.05, 0) is 89.2 Å². The number of nitrogens with zero attached hydrogens (tertiary/aromatic N) is 1. The molecule has 0 spiro atoms. The van der Waals surface area contributed by atoms with E-state index in [9.17, 15) is 9.59 Å². The molecule has 0 bridgehead atoms. The molecular formula is C35H36INO5. The lowest BCUT2D eigenvalue weighted by Gasteiger charge is -2.44. The highest BCUT2D eigenvalue weighted by atomic mass is 127. The molecule has 3 aromatic rings. The molecule has 42 heavy (non-hydrogen) atoms. The number of rotatable bonds is 8. The topological polar surface area (TPSA) is 65.1 Å². The molecule has 3 aliphatic rings. The van der Waals surface area contributed by atoms with Gasteiger partial charge in [0.2, 0.25) is 0 Å². The van der Waals surface area contributed by atoms with E-state index in [0.717, 1.165) is 62.9 Å². The molecular weight excluding hydrogens is 641 g/mol. The molecule has 218 valence electrons. The van der Waals surface area contributed by atoms with Gasteiger partial charge in [-0.3, -0.25) is 9.59 Å². The summed E-state index contributed by atoms with van der Waals surface area (Å²) in [5.41, 5.74) is 6.87. The first-order valence-corrected chi connectivity index (χ1v) is 15.8. The number of benzene rings is 3. The van der Waals surface area contributed by atoms with Crippen molar-refractivity contribution in [2.24, 2.45) is 0 Å². The monoisotopic (exact) mass is 677 g/mol. The number of methoxy groups -OCH3 is 2. The fraction of sp³-hybridized carbons (Fsp3) is 0.371. The highest BCUT2D eigenvalue weighted by molar-refractivity contribution is 14.1. The largest absolute Gasteiger partial charge is 0.493 e. The van der Waals surface area contributed by atoms with Crippen LogP contribution in [-0.4, -0.2) is 43.8 Å². The molecule has 0 fully saturated rings. The number of Topliss-reactive ketones (excluding diaryl/α,β-unsaturated/α-hetero) is 2. The summed E-state index contributed by atoms with van der Waals surface area (Å²) in [6, 6.07) is 16.7. The van der Waals surface area contributed by atoms with Gasteiger partial charge in [0.25, 0.3) is 0 Å². The minimum absolute atomic E-state index is 0.134. The third-order valence-corrected chi connectivity index (χ3v) is 9.63. The summed E-state index contributed by atoms with van der Waals surface area (Å²) >= 11 is 2.30. The summed E-state index contributed by atoms with van der Waals surface area (Å²) < 4.78 is 18.7. The zero-order valence-corrected chi connectivity index (χ0v) is 26.6. The minimum atomic E-state index is -0.397. The smallest absolute Gasteiger partial charge is 0.174 e. The van der Waals surface area contributed by atoms with Crippen LogP contribution >= 0.6 is 22.6 Å². The quantitative estimate of drug-likeness (QED) is 0.232. The van der Waals surface area contributed by atoms with Gasteiger partial charge in [0.15, 0.2) is 23.1 Å². The molecule has 0 N–H and O–H groups in total. The number of fused-ring (bicyclic) bond motifs is 1. The predicted octanol–water partition coefficient (Wildman–Crippen LogP) is 7.40. The maximum Gasteiger partial charge on any atom is 0.174 e. The SMILES string of the molecule is COCCN1C2=C(C(=O)CCC2)C(c2cc(I)c(OCc3c(C)ccc4ccccc34)c(OC)c2)C2=C1CCCC2=O. The van der Waals surface area contributed by atoms with Gasteiger partial charge in [-0.1, -0.05) is 36.4 Å². The van der Waals surface area contributed by atoms with Crippen LogP contribution in [0.15, 0.2) is 71.1 Å². The Morgan fingerprint density at radius 3 is 2.26 bits per heavy atom. The number of carbonyl (C=O) groups excluding carboxylic acids is 2. The van der Waals surface area contributed by atoms with Crippen molar-refractivity contribution in [1.29, 1.82) is 0 Å². The van der Waals surface area contributed by atoms with Crippen molar-refractivity contribution in [3.05, 3.63) is 91.3 Å². The molecule has 0 atom stereocenters. The molecule has 1 aliphatic heterocycles. The zero-order chi connectivity index (χ0) is 29.4. The second kappa shape index (κ2) is 12.2. The van der Waals surface area contributed by atoms with Gasteiger partial charge in [0.1, 0.15) is 6.61 Å². The lowest BCUT2D eigenvalue weighted by Crippen LogP contribution is -2.40. The standard InChI is InChI=1S/C35H36INO5/c1-21-14-15-22-8-4-5-9-24(22)25(21)20-42-35-26(36)18-23(19-31(35)41-3)32-33-27(10-6-12-29(33)38)37(16-17-40-2)28-11-7-13-30(39)34(28)32/h4-5,8-9,14-15,18-19,32H,6-7,10-13,16-17,20H2,1-3H3. The number of aryl methyl sites for hydroxylation is 1. The van der Waals surface area contributed by atoms with Crippen LogP contribution < -0.4 is 9.47 Å². The van der Waals surface area contributed by atoms with Gasteiger partial charge < -0.3 is 19.1 Å². The van der Waals surface area contributed by atoms with Crippen molar-refractivity contribution in [1.82, 2.24) is 4.90 Å². The van der Waals surface area contributed by atoms with E-state index >= 15 is 0 Å². The van der Waals surface area contributed by atoms with Crippen molar-refractivity contribution in [3.63, 3.8) is 0 Å². The molecule has 0 saturated carbocycles. The van der Waals surface area contributed by atoms with Gasteiger partial charge in [0, 0.05) is 60.5 Å². The lowest BCUT2D eigenvalue weighted by molar-refractivity contribution is -0.117. The van der Waals surface area contributed by atoms with Crippen LogP contribution in [0.5, 0.6) is 11.5 Å². The zero-order valence-electron chi connectivity index (χ0n) is 24.4. The average Bonchev–Trinajstić information content (AvgIpc) is 2.99. The summed E-state index contributed by atoms with van der Waals surface area (Å²) in [7, 11) is 3.33. The molecule has 6 nitrogen and oxygen atoms in total. The Morgan fingerprint density at radius 1 is 0.905 bits per heavy atom. The van der Waals surface area contributed by atoms with Crippen LogP contribution in [0.2, 0.25) is 0 Å². The number of ether oxygens (including phenoxy) is 3. The van der Waals surface area contributed by atoms with Gasteiger partial charge >= 0.3 is 0 Å². The lowest BCUT2D eigenvalue weighted by atomic mass is 9.71. The molecule has 0 aromatic heterocycles. The van der Waals surface area contributed by atoms with Crippen molar-refractivity contribution in [2.45, 2.75) is 58.0 Å². The molecule has 7 heteroatoms. The number of allylic oxidation sites excluding steroid dienone is 4. The van der Waals surface area contributed by atoms with E-state index < -0.39 is 5.92 Å². The predicted molar refractivity (Wildman–Crippen MR) is 172 cm³/mol. The third-order valence-electron chi connectivity index (χ3n) is 8.83. The van der Waals surface area contributed by atoms with E-state index in [1.54, 1.807) is 14.2 Å². The van der Waals surface area contributed by atoms with Crippen LogP contribution in [0.25, 0.3) is 10.8 Å². The number of halogens is 1. The average molecular weight is 678 g/mol. The Morgan fingerprint density at radius 2 is 1.60 bits per heavy atom. The molecule has 3 aromatic carbocycles. The summed E-state index contributed by atoms with van der Waals surface area (Å²) in [6.45, 7) is 3.68. The number of hydrogen-bond donors (Lipinski definition) is 0. The Bertz CT molecular complexity index is 1590. The number of hydrogen-bond acceptors (Lipinski definition) is 6. The Balaban J connectivity index is 1.42. The first-order valence-electron chi connectivity index (χ1n) is 14.7. The normalized spacial score (nSPS) is 17.6. The summed E-state index contributed by atoms with van der Waals surface area (Å²) in [4.78, 5) is 29.4. The van der Waals surface area contributed by atoms with Crippen LogP contribution in [0.3, 0.4) is 0 Å². The van der Waals surface area contributed by atoms with Gasteiger partial charge in [-0.2, -0.15) is 0 Å². The van der Waals surface area contributed by atoms with E-state index in [2.05, 4.69) is 70.8 Å². The fourth-order valence-corrected chi connectivity index (χ4v) is 7.61. The Labute approximate surface area is 260 Å². The van der Waals surface area contributed by atoms with E-state index in [1.165, 1.54) is 16.3 Å². The summed E-state index contributed by atoms with van der Waals surface area (Å²) in [6.07, 6.45) is 4.31. The van der Waals surface area contributed by atoms with Crippen molar-refractivity contribution >= 4 is 44.9 Å². The first kappa shape index (κ1) is 28.9. The van der Waals surface area contributed by atoms with Crippen LogP contribution in [0.4, 0.5) is 0 Å². The Hall–Kier alpha value is -3.17. The molecule has 6 rings (SSSR count). The van der Waals surface area contributed by atoms with Crippen LogP contribution in [0, 0.1) is 10.5 Å². The maximum absolute atomic E-state index is 13.6. The summed E-state index contributed by atoms with van der Waals surface area (Å²) in [5, 5.41) is 2.35. The second-order valence-electron chi connectivity index (χ2n) is 11.3. The highest BCUT2D eigenvalue weighted by Crippen LogP contribution is 2.50. The molecule has 1 heterocycles. The van der Waals surface area contributed by atoms with Crippen molar-refractivity contribution in [3.8, 4) is 11.5 Å². The van der Waals surface area contributed by atoms with Crippen molar-refractivity contribution < 1.29 is 23.8 Å². The van der Waals surface area contributed by atoms with Gasteiger partial charge in [-0.25, -0.2) is 0 Å². The Kier molecular flexibility index (Phi) is 8.41. The minimum Gasteiger partial charge on any atom is -0.493 e. The number of ketones is 2. The molecule has 2 aliphatic carbocycles. The first-order chi connectivity index (χ1) is 20.4. The molecule has 0 amide bonds. The second-order valence-corrected chi connectivity index (χ2v) is 12.4. The number of carbonyl (C=O) groups is 2. The van der Waals surface area contributed by atoms with E-state index in [-0.39, 0.29) is 11.6 Å². The highest BCUT2D eigenvalue weighted by Gasteiger charge is 2.43. The molecule has 0 radical (unpaired) electrons. The fourth-order valence-electron chi connectivity index (χ4n) is 6.83. The van der Waals surface area contributed by atoms with Crippen LogP contribution in [0.1, 0.15) is 61.1 Å². The maximum atomic E-state index is 13.6. The summed E-state index contributed by atoms with van der Waals surface area (Å²) in [5.74, 6) is 1.14. The molecule has 0 saturated heterocycles. The van der Waals surface area contributed by atoms with E-state index in [0.29, 0.717) is 44.1 Å².